The molecule has 0 saturated heterocycles. The lowest BCUT2D eigenvalue weighted by molar-refractivity contribution is -0.117. The van der Waals surface area contributed by atoms with E-state index >= 15 is 0 Å². The Kier molecular flexibility index (Phi) is 10.2. The number of hydrogen-bond acceptors (Lipinski definition) is 3. The van der Waals surface area contributed by atoms with Gasteiger partial charge in [0.2, 0.25) is 5.91 Å². The standard InChI is InChI=1S/C22H35NO3/c1-16(2)6-5-7-17(3)12-19-8-10-20(11-9-19)18(4)13-22(26)23-14-21(25)15-24/h8-11,13,16-17,21,24-25H,5-7,12,14-15H2,1-4H3,(H,23,26). The van der Waals surface area contributed by atoms with Crippen LogP contribution in [0.1, 0.15) is 58.1 Å². The molecule has 4 nitrogen and oxygen atoms in total. The highest BCUT2D eigenvalue weighted by Gasteiger charge is 2.07. The number of aliphatic hydroxyl groups excluding tert-OH is 2. The van der Waals surface area contributed by atoms with Gasteiger partial charge in [-0.25, -0.2) is 0 Å². The van der Waals surface area contributed by atoms with Gasteiger partial charge < -0.3 is 15.5 Å². The van der Waals surface area contributed by atoms with Crippen molar-refractivity contribution in [3.05, 3.63) is 41.5 Å². The van der Waals surface area contributed by atoms with E-state index in [-0.39, 0.29) is 19.1 Å². The number of nitrogens with one attached hydrogen (secondary N) is 1. The Morgan fingerprint density at radius 3 is 2.38 bits per heavy atom. The zero-order valence-corrected chi connectivity index (χ0v) is 16.7. The molecule has 1 rings (SSSR count). The van der Waals surface area contributed by atoms with E-state index < -0.39 is 6.10 Å². The first-order valence-corrected chi connectivity index (χ1v) is 9.66. The molecule has 0 bridgehead atoms. The Morgan fingerprint density at radius 2 is 1.81 bits per heavy atom. The topological polar surface area (TPSA) is 69.6 Å². The molecule has 4 heteroatoms. The second-order valence-electron chi connectivity index (χ2n) is 7.74. The predicted octanol–water partition coefficient (Wildman–Crippen LogP) is 3.56. The van der Waals surface area contributed by atoms with Gasteiger partial charge in [-0.15, -0.1) is 0 Å². The first kappa shape index (κ1) is 22.4. The summed E-state index contributed by atoms with van der Waals surface area (Å²) in [6.07, 6.45) is 5.53. The van der Waals surface area contributed by atoms with Crippen molar-refractivity contribution >= 4 is 11.5 Å². The second kappa shape index (κ2) is 11.9. The second-order valence-corrected chi connectivity index (χ2v) is 7.74. The minimum atomic E-state index is -0.922. The van der Waals surface area contributed by atoms with Gasteiger partial charge in [0.25, 0.3) is 0 Å². The minimum Gasteiger partial charge on any atom is -0.394 e. The van der Waals surface area contributed by atoms with Gasteiger partial charge in [0.1, 0.15) is 0 Å². The first-order chi connectivity index (χ1) is 12.3. The number of carbonyl (C=O) groups is 1. The van der Waals surface area contributed by atoms with Crippen molar-refractivity contribution < 1.29 is 15.0 Å². The van der Waals surface area contributed by atoms with Crippen molar-refractivity contribution in [3.8, 4) is 0 Å². The molecule has 146 valence electrons. The molecular weight excluding hydrogens is 326 g/mol. The van der Waals surface area contributed by atoms with E-state index in [1.165, 1.54) is 30.9 Å². The maximum Gasteiger partial charge on any atom is 0.244 e. The van der Waals surface area contributed by atoms with Gasteiger partial charge in [0.15, 0.2) is 0 Å². The lowest BCUT2D eigenvalue weighted by Crippen LogP contribution is -2.32. The fourth-order valence-corrected chi connectivity index (χ4v) is 2.90. The van der Waals surface area contributed by atoms with Crippen LogP contribution in [0, 0.1) is 11.8 Å². The molecular formula is C22H35NO3. The summed E-state index contributed by atoms with van der Waals surface area (Å²) in [6, 6.07) is 8.38. The first-order valence-electron chi connectivity index (χ1n) is 9.66. The maximum atomic E-state index is 11.8. The van der Waals surface area contributed by atoms with Gasteiger partial charge in [0.05, 0.1) is 12.7 Å². The Hall–Kier alpha value is -1.65. The number of allylic oxidation sites excluding steroid dienone is 1. The average molecular weight is 362 g/mol. The molecule has 0 spiro atoms. The molecule has 26 heavy (non-hydrogen) atoms. The summed E-state index contributed by atoms with van der Waals surface area (Å²) in [4.78, 5) is 11.8. The Bertz CT molecular complexity index is 563. The van der Waals surface area contributed by atoms with Gasteiger partial charge >= 0.3 is 0 Å². The molecule has 0 aliphatic rings. The third kappa shape index (κ3) is 9.16. The Labute approximate surface area is 158 Å². The zero-order valence-electron chi connectivity index (χ0n) is 16.7. The minimum absolute atomic E-state index is 0.0484. The van der Waals surface area contributed by atoms with Crippen molar-refractivity contribution in [1.29, 1.82) is 0 Å². The highest BCUT2D eigenvalue weighted by Crippen LogP contribution is 2.19. The third-order valence-corrected chi connectivity index (χ3v) is 4.54. The lowest BCUT2D eigenvalue weighted by Gasteiger charge is -2.13. The normalized spacial score (nSPS) is 14.3. The number of amides is 1. The molecule has 0 radical (unpaired) electrons. The SMILES string of the molecule is CC(=CC(=O)NCC(O)CO)c1ccc(CC(C)CCCC(C)C)cc1. The fourth-order valence-electron chi connectivity index (χ4n) is 2.90. The van der Waals surface area contributed by atoms with Crippen LogP contribution >= 0.6 is 0 Å². The number of carbonyl (C=O) groups excluding carboxylic acids is 1. The number of aliphatic hydroxyl groups is 2. The van der Waals surface area contributed by atoms with Crippen LogP contribution in [0.5, 0.6) is 0 Å². The highest BCUT2D eigenvalue weighted by atomic mass is 16.3. The monoisotopic (exact) mass is 361 g/mol. The van der Waals surface area contributed by atoms with Crippen LogP contribution in [-0.4, -0.2) is 35.4 Å². The molecule has 0 aliphatic carbocycles. The van der Waals surface area contributed by atoms with Crippen LogP contribution in [0.25, 0.3) is 5.57 Å². The fraction of sp³-hybridized carbons (Fsp3) is 0.591. The molecule has 1 amide bonds. The molecule has 0 aliphatic heterocycles. The van der Waals surface area contributed by atoms with Gasteiger partial charge in [0, 0.05) is 12.6 Å². The van der Waals surface area contributed by atoms with Crippen molar-refractivity contribution in [1.82, 2.24) is 5.32 Å². The smallest absolute Gasteiger partial charge is 0.244 e. The summed E-state index contributed by atoms with van der Waals surface area (Å²) in [7, 11) is 0. The van der Waals surface area contributed by atoms with Crippen LogP contribution in [0.3, 0.4) is 0 Å². The van der Waals surface area contributed by atoms with E-state index in [2.05, 4.69) is 50.4 Å². The van der Waals surface area contributed by atoms with Gasteiger partial charge in [-0.05, 0) is 41.9 Å². The van der Waals surface area contributed by atoms with E-state index in [4.69, 9.17) is 5.11 Å². The molecule has 1 aromatic rings. The molecule has 0 aromatic heterocycles. The van der Waals surface area contributed by atoms with E-state index in [1.807, 2.05) is 6.92 Å². The largest absolute Gasteiger partial charge is 0.394 e. The zero-order chi connectivity index (χ0) is 19.5. The van der Waals surface area contributed by atoms with E-state index in [1.54, 1.807) is 0 Å². The number of rotatable bonds is 11. The summed E-state index contributed by atoms with van der Waals surface area (Å²) in [5, 5.41) is 20.6. The molecule has 0 heterocycles. The molecule has 0 saturated carbocycles. The van der Waals surface area contributed by atoms with E-state index in [0.29, 0.717) is 5.92 Å². The quantitative estimate of drug-likeness (QED) is 0.528. The van der Waals surface area contributed by atoms with Crippen LogP contribution in [0.15, 0.2) is 30.3 Å². The molecule has 3 N–H and O–H groups in total. The van der Waals surface area contributed by atoms with Gasteiger partial charge in [-0.3, -0.25) is 4.79 Å². The van der Waals surface area contributed by atoms with Crippen LogP contribution < -0.4 is 5.32 Å². The Morgan fingerprint density at radius 1 is 1.15 bits per heavy atom. The van der Waals surface area contributed by atoms with Crippen molar-refractivity contribution in [2.45, 2.75) is 59.5 Å². The summed E-state index contributed by atoms with van der Waals surface area (Å²) >= 11 is 0. The number of hydrogen-bond donors (Lipinski definition) is 3. The van der Waals surface area contributed by atoms with Crippen LogP contribution in [0.4, 0.5) is 0 Å². The summed E-state index contributed by atoms with van der Waals surface area (Å²) in [6.45, 7) is 8.44. The summed E-state index contributed by atoms with van der Waals surface area (Å²) in [5.74, 6) is 1.19. The highest BCUT2D eigenvalue weighted by molar-refractivity contribution is 5.94. The molecule has 0 fully saturated rings. The number of benzene rings is 1. The predicted molar refractivity (Wildman–Crippen MR) is 108 cm³/mol. The molecule has 2 atom stereocenters. The van der Waals surface area contributed by atoms with Crippen molar-refractivity contribution in [2.24, 2.45) is 11.8 Å². The summed E-state index contributed by atoms with van der Waals surface area (Å²) in [5.41, 5.74) is 3.21. The van der Waals surface area contributed by atoms with E-state index in [0.717, 1.165) is 23.5 Å². The third-order valence-electron chi connectivity index (χ3n) is 4.54. The van der Waals surface area contributed by atoms with Gasteiger partial charge in [-0.1, -0.05) is 64.3 Å². The van der Waals surface area contributed by atoms with Crippen molar-refractivity contribution in [3.63, 3.8) is 0 Å². The maximum absolute atomic E-state index is 11.8. The van der Waals surface area contributed by atoms with Crippen LogP contribution in [0.2, 0.25) is 0 Å². The molecule has 2 unspecified atom stereocenters. The summed E-state index contributed by atoms with van der Waals surface area (Å²) < 4.78 is 0. The van der Waals surface area contributed by atoms with E-state index in [9.17, 15) is 9.90 Å². The van der Waals surface area contributed by atoms with Crippen molar-refractivity contribution in [2.75, 3.05) is 13.2 Å². The van der Waals surface area contributed by atoms with Crippen LogP contribution in [-0.2, 0) is 11.2 Å². The Balaban J connectivity index is 2.52. The average Bonchev–Trinajstić information content (AvgIpc) is 2.59. The lowest BCUT2D eigenvalue weighted by atomic mass is 9.93. The molecule has 1 aromatic carbocycles. The van der Waals surface area contributed by atoms with Gasteiger partial charge in [-0.2, -0.15) is 0 Å².